The molecule has 2 atom stereocenters. The number of rotatable bonds is 4. The average molecular weight is 244 g/mol. The minimum absolute atomic E-state index is 0.394. The molecule has 0 aliphatic rings. The molecule has 16 heavy (non-hydrogen) atoms. The van der Waals surface area contributed by atoms with Crippen molar-refractivity contribution in [2.45, 2.75) is 25.2 Å². The fourth-order valence-electron chi connectivity index (χ4n) is 1.28. The van der Waals surface area contributed by atoms with Gasteiger partial charge in [0, 0.05) is 25.8 Å². The van der Waals surface area contributed by atoms with Crippen LogP contribution in [0.4, 0.5) is 0 Å². The zero-order valence-electron chi connectivity index (χ0n) is 9.84. The molecule has 1 rings (SSSR count). The smallest absolute Gasteiger partial charge is 0.158 e. The average Bonchev–Trinajstić information content (AvgIpc) is 2.20. The number of aromatic nitrogens is 2. The summed E-state index contributed by atoms with van der Waals surface area (Å²) in [7, 11) is -1.72. The van der Waals surface area contributed by atoms with Crippen LogP contribution in [0.15, 0.2) is 12.4 Å². The Morgan fingerprint density at radius 3 is 2.19 bits per heavy atom. The summed E-state index contributed by atoms with van der Waals surface area (Å²) >= 11 is 0. The number of nitrogens with zero attached hydrogens (tertiary/aromatic N) is 2. The second-order valence-electron chi connectivity index (χ2n) is 3.81. The number of sulfone groups is 1. The topological polar surface area (TPSA) is 69.2 Å². The van der Waals surface area contributed by atoms with Crippen molar-refractivity contribution in [3.63, 3.8) is 0 Å². The molecule has 0 aliphatic heterocycles. The molecule has 0 N–H and O–H groups in total. The van der Waals surface area contributed by atoms with Gasteiger partial charge in [0.15, 0.2) is 15.7 Å². The van der Waals surface area contributed by atoms with Gasteiger partial charge in [0.25, 0.3) is 0 Å². The van der Waals surface area contributed by atoms with E-state index < -0.39 is 21.2 Å². The van der Waals surface area contributed by atoms with E-state index in [0.29, 0.717) is 5.82 Å². The maximum absolute atomic E-state index is 11.4. The SMILES string of the molecule is CO[C@H](c1ncc(C)cn1)[C@H](C)S(C)(=O)=O. The highest BCUT2D eigenvalue weighted by Gasteiger charge is 2.29. The summed E-state index contributed by atoms with van der Waals surface area (Å²) in [5.41, 5.74) is 0.922. The zero-order valence-corrected chi connectivity index (χ0v) is 10.7. The van der Waals surface area contributed by atoms with E-state index in [1.807, 2.05) is 6.92 Å². The van der Waals surface area contributed by atoms with E-state index in [9.17, 15) is 8.42 Å². The highest BCUT2D eigenvalue weighted by molar-refractivity contribution is 7.91. The lowest BCUT2D eigenvalue weighted by Gasteiger charge is -2.19. The van der Waals surface area contributed by atoms with Gasteiger partial charge in [-0.05, 0) is 19.4 Å². The van der Waals surface area contributed by atoms with Gasteiger partial charge in [-0.15, -0.1) is 0 Å². The number of methoxy groups -OCH3 is 1. The summed E-state index contributed by atoms with van der Waals surface area (Å²) in [6, 6.07) is 0. The van der Waals surface area contributed by atoms with Gasteiger partial charge in [0.1, 0.15) is 6.10 Å². The first-order valence-corrected chi connectivity index (χ1v) is 6.82. The molecule has 1 aromatic rings. The van der Waals surface area contributed by atoms with Crippen LogP contribution in [0.5, 0.6) is 0 Å². The Bertz CT molecular complexity index is 442. The highest BCUT2D eigenvalue weighted by atomic mass is 32.2. The minimum Gasteiger partial charge on any atom is -0.372 e. The lowest BCUT2D eigenvalue weighted by molar-refractivity contribution is 0.0950. The van der Waals surface area contributed by atoms with Gasteiger partial charge in [-0.3, -0.25) is 0 Å². The van der Waals surface area contributed by atoms with Crippen molar-refractivity contribution in [2.75, 3.05) is 13.4 Å². The normalized spacial score (nSPS) is 15.8. The van der Waals surface area contributed by atoms with E-state index in [1.54, 1.807) is 19.3 Å². The molecule has 5 nitrogen and oxygen atoms in total. The van der Waals surface area contributed by atoms with Gasteiger partial charge in [0.2, 0.25) is 0 Å². The van der Waals surface area contributed by atoms with Gasteiger partial charge in [-0.1, -0.05) is 0 Å². The highest BCUT2D eigenvalue weighted by Crippen LogP contribution is 2.21. The molecule has 0 amide bonds. The van der Waals surface area contributed by atoms with E-state index >= 15 is 0 Å². The predicted molar refractivity (Wildman–Crippen MR) is 60.8 cm³/mol. The third-order valence-electron chi connectivity index (χ3n) is 2.41. The van der Waals surface area contributed by atoms with Gasteiger partial charge in [-0.2, -0.15) is 0 Å². The summed E-state index contributed by atoms with van der Waals surface area (Å²) in [5.74, 6) is 0.394. The molecule has 0 bridgehead atoms. The molecule has 0 unspecified atom stereocenters. The molecule has 1 heterocycles. The van der Waals surface area contributed by atoms with Gasteiger partial charge in [0.05, 0.1) is 5.25 Å². The van der Waals surface area contributed by atoms with Crippen molar-refractivity contribution in [2.24, 2.45) is 0 Å². The molecular formula is C10H16N2O3S. The van der Waals surface area contributed by atoms with E-state index in [0.717, 1.165) is 5.56 Å². The van der Waals surface area contributed by atoms with Crippen LogP contribution < -0.4 is 0 Å². The third kappa shape index (κ3) is 2.99. The summed E-state index contributed by atoms with van der Waals surface area (Å²) < 4.78 is 28.0. The van der Waals surface area contributed by atoms with Crippen LogP contribution in [0.3, 0.4) is 0 Å². The fourth-order valence-corrected chi connectivity index (χ4v) is 1.96. The number of hydrogen-bond donors (Lipinski definition) is 0. The van der Waals surface area contributed by atoms with E-state index in [-0.39, 0.29) is 0 Å². The molecule has 0 saturated carbocycles. The Labute approximate surface area is 95.8 Å². The molecule has 0 saturated heterocycles. The van der Waals surface area contributed by atoms with Crippen molar-refractivity contribution in [1.29, 1.82) is 0 Å². The fraction of sp³-hybridized carbons (Fsp3) is 0.600. The van der Waals surface area contributed by atoms with Crippen LogP contribution in [-0.4, -0.2) is 37.0 Å². The second-order valence-corrected chi connectivity index (χ2v) is 6.21. The zero-order chi connectivity index (χ0) is 12.3. The Balaban J connectivity index is 3.03. The summed E-state index contributed by atoms with van der Waals surface area (Å²) in [4.78, 5) is 8.17. The summed E-state index contributed by atoms with van der Waals surface area (Å²) in [5, 5.41) is -0.666. The van der Waals surface area contributed by atoms with Crippen LogP contribution in [0.25, 0.3) is 0 Å². The van der Waals surface area contributed by atoms with Crippen LogP contribution in [0.1, 0.15) is 24.4 Å². The molecular weight excluding hydrogens is 228 g/mol. The van der Waals surface area contributed by atoms with Crippen molar-refractivity contribution < 1.29 is 13.2 Å². The summed E-state index contributed by atoms with van der Waals surface area (Å²) in [6.07, 6.45) is 3.83. The molecule has 1 aromatic heterocycles. The van der Waals surface area contributed by atoms with E-state index in [1.165, 1.54) is 13.4 Å². The minimum atomic E-state index is -3.18. The largest absolute Gasteiger partial charge is 0.372 e. The molecule has 0 radical (unpaired) electrons. The Morgan fingerprint density at radius 2 is 1.81 bits per heavy atom. The maximum Gasteiger partial charge on any atom is 0.158 e. The number of aryl methyl sites for hydroxylation is 1. The van der Waals surface area contributed by atoms with E-state index in [4.69, 9.17) is 4.74 Å². The molecule has 0 spiro atoms. The monoisotopic (exact) mass is 244 g/mol. The molecule has 90 valence electrons. The molecule has 0 fully saturated rings. The molecule has 6 heteroatoms. The lowest BCUT2D eigenvalue weighted by atomic mass is 10.2. The third-order valence-corrected chi connectivity index (χ3v) is 4.01. The first-order chi connectivity index (χ1) is 7.36. The quantitative estimate of drug-likeness (QED) is 0.787. The van der Waals surface area contributed by atoms with Crippen molar-refractivity contribution in [1.82, 2.24) is 9.97 Å². The second kappa shape index (κ2) is 4.88. The van der Waals surface area contributed by atoms with Gasteiger partial charge < -0.3 is 4.74 Å². The van der Waals surface area contributed by atoms with Crippen molar-refractivity contribution in [3.05, 3.63) is 23.8 Å². The van der Waals surface area contributed by atoms with Crippen LogP contribution >= 0.6 is 0 Å². The number of ether oxygens (including phenoxy) is 1. The predicted octanol–water partition coefficient (Wildman–Crippen LogP) is 0.906. The van der Waals surface area contributed by atoms with Crippen LogP contribution in [0, 0.1) is 6.92 Å². The van der Waals surface area contributed by atoms with Crippen LogP contribution in [-0.2, 0) is 14.6 Å². The van der Waals surface area contributed by atoms with Crippen molar-refractivity contribution >= 4 is 9.84 Å². The molecule has 0 aromatic carbocycles. The Morgan fingerprint density at radius 1 is 1.31 bits per heavy atom. The maximum atomic E-state index is 11.4. The standard InChI is InChI=1S/C10H16N2O3S/c1-7-5-11-10(12-6-7)9(15-3)8(2)16(4,13)14/h5-6,8-9H,1-4H3/t8-,9-/m0/s1. The number of hydrogen-bond acceptors (Lipinski definition) is 5. The first-order valence-electron chi connectivity index (χ1n) is 4.86. The first kappa shape index (κ1) is 13.1. The lowest BCUT2D eigenvalue weighted by Crippen LogP contribution is -2.27. The Hall–Kier alpha value is -1.01. The van der Waals surface area contributed by atoms with Gasteiger partial charge in [-0.25, -0.2) is 18.4 Å². The van der Waals surface area contributed by atoms with Gasteiger partial charge >= 0.3 is 0 Å². The van der Waals surface area contributed by atoms with Crippen LogP contribution in [0.2, 0.25) is 0 Å². The molecule has 0 aliphatic carbocycles. The Kier molecular flexibility index (Phi) is 3.98. The van der Waals surface area contributed by atoms with E-state index in [2.05, 4.69) is 9.97 Å². The van der Waals surface area contributed by atoms with Crippen molar-refractivity contribution in [3.8, 4) is 0 Å². The summed E-state index contributed by atoms with van der Waals surface area (Å²) in [6.45, 7) is 3.46.